The molecular formula is C24H24BrF2N3O3. The average molecular weight is 520 g/mol. The molecule has 1 saturated heterocycles. The van der Waals surface area contributed by atoms with Crippen LogP contribution in [-0.2, 0) is 16.8 Å². The van der Waals surface area contributed by atoms with E-state index in [4.69, 9.17) is 4.52 Å². The summed E-state index contributed by atoms with van der Waals surface area (Å²) in [6, 6.07) is 11.1. The number of amides is 1. The molecule has 9 heteroatoms. The lowest BCUT2D eigenvalue weighted by Gasteiger charge is -2.40. The fraction of sp³-hybridized carbons (Fsp3) is 0.333. The molecule has 6 nitrogen and oxygen atoms in total. The second-order valence-electron chi connectivity index (χ2n) is 8.16. The maximum absolute atomic E-state index is 14.0. The Balaban J connectivity index is 1.70. The smallest absolute Gasteiger partial charge is 0.216 e. The molecule has 4 rings (SSSR count). The molecule has 0 spiro atoms. The molecule has 174 valence electrons. The Bertz CT molecular complexity index is 1170. The summed E-state index contributed by atoms with van der Waals surface area (Å²) in [5.74, 6) is -2.13. The molecule has 1 fully saturated rings. The van der Waals surface area contributed by atoms with Gasteiger partial charge < -0.3 is 20.3 Å². The average Bonchev–Trinajstić information content (AvgIpc) is 3.17. The van der Waals surface area contributed by atoms with Crippen molar-refractivity contribution in [2.75, 3.05) is 19.6 Å². The second kappa shape index (κ2) is 9.70. The number of aliphatic hydroxyl groups is 1. The van der Waals surface area contributed by atoms with Gasteiger partial charge in [-0.25, -0.2) is 8.78 Å². The van der Waals surface area contributed by atoms with Crippen LogP contribution >= 0.6 is 15.9 Å². The van der Waals surface area contributed by atoms with Gasteiger partial charge in [0.15, 0.2) is 17.4 Å². The normalized spacial score (nSPS) is 20.6. The van der Waals surface area contributed by atoms with E-state index >= 15 is 0 Å². The van der Waals surface area contributed by atoms with Gasteiger partial charge in [0.1, 0.15) is 11.3 Å². The van der Waals surface area contributed by atoms with Gasteiger partial charge in [0.25, 0.3) is 0 Å². The standard InChI is InChI=1S/C24H24BrF2N3O3/c1-14(31)29-10-8-15-4-2-3-5-17(15)23-21(25)22(30-33-23)18-13-28-11-9-24(18,32)16-6-7-19(26)20(27)12-16/h2-7,12,18,28,32H,8-11,13H2,1H3,(H,29,31)/t18-,24+/m1/s1. The molecule has 1 aromatic heterocycles. The fourth-order valence-corrected chi connectivity index (χ4v) is 4.95. The van der Waals surface area contributed by atoms with Gasteiger partial charge in [0, 0.05) is 25.6 Å². The number of aromatic nitrogens is 1. The lowest BCUT2D eigenvalue weighted by Crippen LogP contribution is -2.47. The quantitative estimate of drug-likeness (QED) is 0.457. The first-order valence-corrected chi connectivity index (χ1v) is 11.5. The number of rotatable bonds is 6. The summed E-state index contributed by atoms with van der Waals surface area (Å²) in [7, 11) is 0. The molecule has 0 unspecified atom stereocenters. The summed E-state index contributed by atoms with van der Waals surface area (Å²) in [5.41, 5.74) is 1.10. The summed E-state index contributed by atoms with van der Waals surface area (Å²) in [5, 5.41) is 21.9. The maximum Gasteiger partial charge on any atom is 0.216 e. The molecule has 0 radical (unpaired) electrons. The second-order valence-corrected chi connectivity index (χ2v) is 8.95. The zero-order valence-electron chi connectivity index (χ0n) is 18.0. The number of nitrogens with one attached hydrogen (secondary N) is 2. The maximum atomic E-state index is 14.0. The minimum atomic E-state index is -1.46. The van der Waals surface area contributed by atoms with Crippen molar-refractivity contribution in [3.63, 3.8) is 0 Å². The van der Waals surface area contributed by atoms with Gasteiger partial charge in [-0.1, -0.05) is 35.5 Å². The van der Waals surface area contributed by atoms with Gasteiger partial charge in [0.05, 0.1) is 10.4 Å². The third-order valence-corrected chi connectivity index (χ3v) is 6.81. The molecule has 1 aliphatic heterocycles. The van der Waals surface area contributed by atoms with Gasteiger partial charge in [0.2, 0.25) is 5.91 Å². The zero-order valence-corrected chi connectivity index (χ0v) is 19.6. The van der Waals surface area contributed by atoms with Crippen LogP contribution in [0.1, 0.15) is 36.1 Å². The lowest BCUT2D eigenvalue weighted by atomic mass is 9.75. The highest BCUT2D eigenvalue weighted by Gasteiger charge is 2.44. The van der Waals surface area contributed by atoms with E-state index in [1.54, 1.807) is 0 Å². The van der Waals surface area contributed by atoms with Gasteiger partial charge in [-0.3, -0.25) is 4.79 Å². The van der Waals surface area contributed by atoms with Crippen LogP contribution in [0.3, 0.4) is 0 Å². The van der Waals surface area contributed by atoms with Crippen molar-refractivity contribution in [3.8, 4) is 11.3 Å². The van der Waals surface area contributed by atoms with Crippen molar-refractivity contribution in [2.24, 2.45) is 0 Å². The van der Waals surface area contributed by atoms with E-state index in [1.165, 1.54) is 13.0 Å². The van der Waals surface area contributed by atoms with Crippen LogP contribution in [0.15, 0.2) is 51.5 Å². The van der Waals surface area contributed by atoms with Crippen LogP contribution in [-0.4, -0.2) is 35.8 Å². The molecule has 3 N–H and O–H groups in total. The molecule has 1 amide bonds. The third-order valence-electron chi connectivity index (χ3n) is 6.05. The highest BCUT2D eigenvalue weighted by Crippen LogP contribution is 2.45. The van der Waals surface area contributed by atoms with Crippen molar-refractivity contribution in [2.45, 2.75) is 31.3 Å². The minimum absolute atomic E-state index is 0.100. The largest absolute Gasteiger partial charge is 0.384 e. The molecule has 1 aliphatic rings. The number of carbonyl (C=O) groups is 1. The van der Waals surface area contributed by atoms with Gasteiger partial charge in [-0.2, -0.15) is 0 Å². The first-order chi connectivity index (χ1) is 15.8. The van der Waals surface area contributed by atoms with Gasteiger partial charge in [-0.15, -0.1) is 0 Å². The van der Waals surface area contributed by atoms with E-state index < -0.39 is 23.2 Å². The van der Waals surface area contributed by atoms with Crippen molar-refractivity contribution < 1.29 is 23.2 Å². The Morgan fingerprint density at radius 2 is 2.09 bits per heavy atom. The molecule has 0 aliphatic carbocycles. The number of nitrogens with zero attached hydrogens (tertiary/aromatic N) is 1. The van der Waals surface area contributed by atoms with Crippen LogP contribution in [0.4, 0.5) is 8.78 Å². The van der Waals surface area contributed by atoms with E-state index in [1.807, 2.05) is 24.3 Å². The van der Waals surface area contributed by atoms with E-state index in [0.717, 1.165) is 23.3 Å². The summed E-state index contributed by atoms with van der Waals surface area (Å²) >= 11 is 3.60. The van der Waals surface area contributed by atoms with Crippen LogP contribution in [0.2, 0.25) is 0 Å². The van der Waals surface area contributed by atoms with Crippen LogP contribution in [0, 0.1) is 11.6 Å². The molecule has 2 aromatic carbocycles. The van der Waals surface area contributed by atoms with E-state index in [2.05, 4.69) is 31.7 Å². The third kappa shape index (κ3) is 4.71. The molecule has 3 aromatic rings. The predicted molar refractivity (Wildman–Crippen MR) is 123 cm³/mol. The molecule has 2 heterocycles. The summed E-state index contributed by atoms with van der Waals surface area (Å²) < 4.78 is 33.8. The number of hydrogen-bond donors (Lipinski definition) is 3. The molecular weight excluding hydrogens is 496 g/mol. The number of carbonyl (C=O) groups excluding carboxylic acids is 1. The van der Waals surface area contributed by atoms with E-state index in [0.29, 0.717) is 54.0 Å². The van der Waals surface area contributed by atoms with Crippen molar-refractivity contribution in [1.29, 1.82) is 0 Å². The minimum Gasteiger partial charge on any atom is -0.384 e. The Morgan fingerprint density at radius 3 is 2.85 bits per heavy atom. The molecule has 0 saturated carbocycles. The predicted octanol–water partition coefficient (Wildman–Crippen LogP) is 4.03. The molecule has 2 atom stereocenters. The lowest BCUT2D eigenvalue weighted by molar-refractivity contribution is -0.118. The Labute approximate surface area is 198 Å². The number of piperidine rings is 1. The number of halogens is 3. The summed E-state index contributed by atoms with van der Waals surface area (Å²) in [4.78, 5) is 11.2. The van der Waals surface area contributed by atoms with E-state index in [-0.39, 0.29) is 5.91 Å². The van der Waals surface area contributed by atoms with Crippen LogP contribution < -0.4 is 10.6 Å². The number of benzene rings is 2. The highest BCUT2D eigenvalue weighted by atomic mass is 79.9. The van der Waals surface area contributed by atoms with Gasteiger partial charge in [-0.05, 0) is 58.6 Å². The molecule has 33 heavy (non-hydrogen) atoms. The Kier molecular flexibility index (Phi) is 6.92. The Hall–Kier alpha value is -2.62. The monoisotopic (exact) mass is 519 g/mol. The van der Waals surface area contributed by atoms with Crippen LogP contribution in [0.25, 0.3) is 11.3 Å². The SMILES string of the molecule is CC(=O)NCCc1ccccc1-c1onc([C@H]2CNCC[C@]2(O)c2ccc(F)c(F)c2)c1Br. The fourth-order valence-electron chi connectivity index (χ4n) is 4.31. The van der Waals surface area contributed by atoms with Gasteiger partial charge >= 0.3 is 0 Å². The van der Waals surface area contributed by atoms with E-state index in [9.17, 15) is 18.7 Å². The highest BCUT2D eigenvalue weighted by molar-refractivity contribution is 9.10. The first kappa shape index (κ1) is 23.5. The number of hydrogen-bond acceptors (Lipinski definition) is 5. The zero-order chi connectivity index (χ0) is 23.6. The summed E-state index contributed by atoms with van der Waals surface area (Å²) in [6.07, 6.45) is 0.896. The summed E-state index contributed by atoms with van der Waals surface area (Å²) in [6.45, 7) is 2.84. The first-order valence-electron chi connectivity index (χ1n) is 10.7. The van der Waals surface area contributed by atoms with Crippen LogP contribution in [0.5, 0.6) is 0 Å². The Morgan fingerprint density at radius 1 is 1.30 bits per heavy atom. The van der Waals surface area contributed by atoms with Crippen molar-refractivity contribution in [3.05, 3.63) is 75.4 Å². The molecule has 0 bridgehead atoms. The topological polar surface area (TPSA) is 87.4 Å². The van der Waals surface area contributed by atoms with Crippen molar-refractivity contribution in [1.82, 2.24) is 15.8 Å². The van der Waals surface area contributed by atoms with Crippen molar-refractivity contribution >= 4 is 21.8 Å².